The maximum Gasteiger partial charge on any atom is 0.264 e. The molecule has 3 aromatic carbocycles. The lowest BCUT2D eigenvalue weighted by molar-refractivity contribution is -0.139. The molecule has 0 aliphatic rings. The van der Waals surface area contributed by atoms with E-state index in [-0.39, 0.29) is 23.0 Å². The minimum absolute atomic E-state index is 0.0310. The van der Waals surface area contributed by atoms with Crippen molar-refractivity contribution in [1.29, 1.82) is 0 Å². The van der Waals surface area contributed by atoms with E-state index in [9.17, 15) is 18.0 Å². The first kappa shape index (κ1) is 31.3. The number of nitrogens with zero attached hydrogens (tertiary/aromatic N) is 2. The van der Waals surface area contributed by atoms with Crippen LogP contribution in [0, 0.1) is 0 Å². The van der Waals surface area contributed by atoms with Crippen LogP contribution in [0.15, 0.2) is 77.7 Å². The van der Waals surface area contributed by atoms with E-state index in [0.29, 0.717) is 28.9 Å². The largest absolute Gasteiger partial charge is 0.494 e. The number of anilines is 1. The Morgan fingerprint density at radius 2 is 1.48 bits per heavy atom. The van der Waals surface area contributed by atoms with Gasteiger partial charge in [0.15, 0.2) is 0 Å². The number of hydrogen-bond acceptors (Lipinski definition) is 5. The fraction of sp³-hybridized carbons (Fsp3) is 0.310. The lowest BCUT2D eigenvalue weighted by atomic mass is 10.1. The number of sulfonamides is 1. The monoisotopic (exact) mass is 605 g/mol. The molecule has 0 fully saturated rings. The van der Waals surface area contributed by atoms with Crippen LogP contribution in [-0.4, -0.2) is 50.9 Å². The van der Waals surface area contributed by atoms with Crippen molar-refractivity contribution in [2.75, 3.05) is 24.0 Å². The van der Waals surface area contributed by atoms with Crippen LogP contribution in [0.1, 0.15) is 32.8 Å². The molecule has 1 atom stereocenters. The number of rotatable bonds is 13. The van der Waals surface area contributed by atoms with Crippen molar-refractivity contribution in [3.05, 3.63) is 88.4 Å². The average molecular weight is 607 g/mol. The van der Waals surface area contributed by atoms with Crippen molar-refractivity contribution in [2.24, 2.45) is 0 Å². The fourth-order valence-corrected chi connectivity index (χ4v) is 5.57. The highest BCUT2D eigenvalue weighted by Gasteiger charge is 2.32. The number of nitrogens with one attached hydrogen (secondary N) is 1. The summed E-state index contributed by atoms with van der Waals surface area (Å²) in [4.78, 5) is 28.1. The van der Waals surface area contributed by atoms with Gasteiger partial charge in [-0.25, -0.2) is 8.42 Å². The van der Waals surface area contributed by atoms with Crippen molar-refractivity contribution in [2.45, 2.75) is 44.7 Å². The van der Waals surface area contributed by atoms with E-state index in [1.807, 2.05) is 13.8 Å². The zero-order valence-electron chi connectivity index (χ0n) is 22.6. The van der Waals surface area contributed by atoms with Gasteiger partial charge < -0.3 is 15.0 Å². The summed E-state index contributed by atoms with van der Waals surface area (Å²) in [7, 11) is -4.19. The predicted octanol–water partition coefficient (Wildman–Crippen LogP) is 5.53. The molecule has 0 aliphatic heterocycles. The first-order valence-electron chi connectivity index (χ1n) is 12.9. The van der Waals surface area contributed by atoms with Gasteiger partial charge in [0, 0.05) is 23.1 Å². The molecule has 0 unspecified atom stereocenters. The van der Waals surface area contributed by atoms with Gasteiger partial charge in [0.25, 0.3) is 10.0 Å². The minimum Gasteiger partial charge on any atom is -0.494 e. The van der Waals surface area contributed by atoms with Gasteiger partial charge in [0.1, 0.15) is 18.3 Å². The number of benzene rings is 3. The molecule has 0 aliphatic carbocycles. The molecule has 0 aromatic heterocycles. The van der Waals surface area contributed by atoms with Crippen LogP contribution in [0.4, 0.5) is 5.69 Å². The van der Waals surface area contributed by atoms with Crippen molar-refractivity contribution in [1.82, 2.24) is 10.2 Å². The van der Waals surface area contributed by atoms with Crippen LogP contribution >= 0.6 is 23.2 Å². The number of ether oxygens (including phenoxy) is 1. The number of carbonyl (C=O) groups is 2. The SMILES string of the molecule is CCCNC(=O)[C@@H](C)N(Cc1ccc(Cl)cc1)C(=O)CN(c1ccc(OCC)cc1)S(=O)(=O)c1ccc(Cl)cc1. The van der Waals surface area contributed by atoms with E-state index in [1.54, 1.807) is 55.5 Å². The van der Waals surface area contributed by atoms with Gasteiger partial charge in [-0.2, -0.15) is 0 Å². The Labute approximate surface area is 245 Å². The molecular formula is C29H33Cl2N3O5S. The van der Waals surface area contributed by atoms with Crippen molar-refractivity contribution >= 4 is 50.7 Å². The number of hydrogen-bond donors (Lipinski definition) is 1. The molecule has 0 bridgehead atoms. The van der Waals surface area contributed by atoms with E-state index in [0.717, 1.165) is 16.3 Å². The summed E-state index contributed by atoms with van der Waals surface area (Å²) in [5.41, 5.74) is 1.00. The zero-order valence-corrected chi connectivity index (χ0v) is 25.0. The van der Waals surface area contributed by atoms with Gasteiger partial charge >= 0.3 is 0 Å². The van der Waals surface area contributed by atoms with Crippen molar-refractivity contribution in [3.8, 4) is 5.75 Å². The molecule has 214 valence electrons. The van der Waals surface area contributed by atoms with Crippen LogP contribution in [0.5, 0.6) is 5.75 Å². The molecule has 1 N–H and O–H groups in total. The Morgan fingerprint density at radius 3 is 2.02 bits per heavy atom. The van der Waals surface area contributed by atoms with Gasteiger partial charge in [0.2, 0.25) is 11.8 Å². The Kier molecular flexibility index (Phi) is 11.2. The maximum absolute atomic E-state index is 13.9. The van der Waals surface area contributed by atoms with Gasteiger partial charge in [-0.1, -0.05) is 42.3 Å². The van der Waals surface area contributed by atoms with Gasteiger partial charge in [-0.3, -0.25) is 13.9 Å². The summed E-state index contributed by atoms with van der Waals surface area (Å²) in [6, 6.07) is 18.2. The van der Waals surface area contributed by atoms with Crippen molar-refractivity contribution < 1.29 is 22.7 Å². The smallest absolute Gasteiger partial charge is 0.264 e. The molecule has 3 rings (SSSR count). The molecule has 8 nitrogen and oxygen atoms in total. The molecule has 40 heavy (non-hydrogen) atoms. The highest BCUT2D eigenvalue weighted by molar-refractivity contribution is 7.92. The van der Waals surface area contributed by atoms with Gasteiger partial charge in [-0.15, -0.1) is 0 Å². The van der Waals surface area contributed by atoms with E-state index in [4.69, 9.17) is 27.9 Å². The van der Waals surface area contributed by atoms with Crippen LogP contribution in [0.25, 0.3) is 0 Å². The highest BCUT2D eigenvalue weighted by Crippen LogP contribution is 2.27. The first-order chi connectivity index (χ1) is 19.1. The molecular weight excluding hydrogens is 573 g/mol. The molecule has 3 aromatic rings. The van der Waals surface area contributed by atoms with Crippen molar-refractivity contribution in [3.63, 3.8) is 0 Å². The van der Waals surface area contributed by atoms with Crippen LogP contribution in [-0.2, 0) is 26.2 Å². The number of carbonyl (C=O) groups excluding carboxylic acids is 2. The summed E-state index contributed by atoms with van der Waals surface area (Å²) < 4.78 is 34.2. The second kappa shape index (κ2) is 14.4. The molecule has 0 saturated carbocycles. The fourth-order valence-electron chi connectivity index (χ4n) is 3.90. The van der Waals surface area contributed by atoms with Gasteiger partial charge in [-0.05, 0) is 86.5 Å². The third kappa shape index (κ3) is 8.13. The Balaban J connectivity index is 2.01. The quantitative estimate of drug-likeness (QED) is 0.276. The summed E-state index contributed by atoms with van der Waals surface area (Å²) >= 11 is 12.0. The summed E-state index contributed by atoms with van der Waals surface area (Å²) in [5.74, 6) is -0.329. The summed E-state index contributed by atoms with van der Waals surface area (Å²) in [5, 5.41) is 3.73. The summed E-state index contributed by atoms with van der Waals surface area (Å²) in [6.07, 6.45) is 0.731. The maximum atomic E-state index is 13.9. The molecule has 0 spiro atoms. The van der Waals surface area contributed by atoms with Crippen LogP contribution < -0.4 is 14.4 Å². The zero-order chi connectivity index (χ0) is 29.3. The third-order valence-corrected chi connectivity index (χ3v) is 8.39. The normalized spacial score (nSPS) is 11.9. The molecule has 0 heterocycles. The molecule has 2 amide bonds. The highest BCUT2D eigenvalue weighted by atomic mass is 35.5. The Morgan fingerprint density at radius 1 is 0.900 bits per heavy atom. The average Bonchev–Trinajstić information content (AvgIpc) is 2.94. The van der Waals surface area contributed by atoms with E-state index >= 15 is 0 Å². The number of amides is 2. The first-order valence-corrected chi connectivity index (χ1v) is 15.1. The second-order valence-electron chi connectivity index (χ2n) is 9.01. The lowest BCUT2D eigenvalue weighted by Gasteiger charge is -2.32. The molecule has 0 saturated heterocycles. The second-order valence-corrected chi connectivity index (χ2v) is 11.7. The summed E-state index contributed by atoms with van der Waals surface area (Å²) in [6.45, 7) is 5.83. The van der Waals surface area contributed by atoms with E-state index in [2.05, 4.69) is 5.32 Å². The predicted molar refractivity (Wildman–Crippen MR) is 158 cm³/mol. The van der Waals surface area contributed by atoms with Crippen LogP contribution in [0.3, 0.4) is 0 Å². The lowest BCUT2D eigenvalue weighted by Crippen LogP contribution is -2.51. The van der Waals surface area contributed by atoms with E-state index < -0.39 is 28.5 Å². The van der Waals surface area contributed by atoms with Crippen LogP contribution in [0.2, 0.25) is 10.0 Å². The van der Waals surface area contributed by atoms with Gasteiger partial charge in [0.05, 0.1) is 17.2 Å². The standard InChI is InChI=1S/C29H33Cl2N3O5S/c1-4-18-32-29(36)21(3)33(19-22-6-8-23(30)9-7-22)28(35)20-34(25-12-14-26(15-13-25)39-5-2)40(37,38)27-16-10-24(31)11-17-27/h6-17,21H,4-5,18-20H2,1-3H3,(H,32,36)/t21-/m1/s1. The molecule has 0 radical (unpaired) electrons. The molecule has 11 heteroatoms. The topological polar surface area (TPSA) is 96.0 Å². The van der Waals surface area contributed by atoms with E-state index in [1.165, 1.54) is 29.2 Å². The minimum atomic E-state index is -4.19. The third-order valence-electron chi connectivity index (χ3n) is 6.10. The number of halogens is 2. The Hall–Kier alpha value is -3.27. The Bertz CT molecular complexity index is 1380.